The lowest BCUT2D eigenvalue weighted by molar-refractivity contribution is -0.147. The van der Waals surface area contributed by atoms with Crippen molar-refractivity contribution >= 4 is 29.8 Å². The van der Waals surface area contributed by atoms with Crippen LogP contribution in [0.4, 0.5) is 4.79 Å². The van der Waals surface area contributed by atoms with Gasteiger partial charge in [0.15, 0.2) is 0 Å². The van der Waals surface area contributed by atoms with E-state index in [4.69, 9.17) is 19.9 Å². The highest BCUT2D eigenvalue weighted by atomic mass is 16.6. The van der Waals surface area contributed by atoms with Crippen LogP contribution in [0, 0.1) is 5.92 Å². The monoisotopic (exact) mass is 471 g/mol. The van der Waals surface area contributed by atoms with E-state index in [1.165, 1.54) is 6.08 Å². The van der Waals surface area contributed by atoms with Gasteiger partial charge in [-0.3, -0.25) is 9.59 Å². The molecule has 0 unspecified atom stereocenters. The number of nitrogens with one attached hydrogen (secondary N) is 2. The zero-order chi connectivity index (χ0) is 25.6. The van der Waals surface area contributed by atoms with Crippen LogP contribution in [0.25, 0.3) is 0 Å². The Balaban J connectivity index is 5.23. The summed E-state index contributed by atoms with van der Waals surface area (Å²) in [7, 11) is 0. The first-order chi connectivity index (χ1) is 15.2. The summed E-state index contributed by atoms with van der Waals surface area (Å²) in [5, 5.41) is 5.02. The van der Waals surface area contributed by atoms with Crippen LogP contribution in [-0.2, 0) is 33.4 Å². The molecule has 4 N–H and O–H groups in total. The molecule has 0 aromatic heterocycles. The molecule has 0 saturated carbocycles. The number of primary amides is 1. The zero-order valence-corrected chi connectivity index (χ0v) is 20.3. The van der Waals surface area contributed by atoms with E-state index in [1.807, 2.05) is 13.8 Å². The topological polar surface area (TPSA) is 163 Å². The first-order valence-corrected chi connectivity index (χ1v) is 10.8. The second-order valence-electron chi connectivity index (χ2n) is 8.68. The van der Waals surface area contributed by atoms with Crippen LogP contribution in [-0.4, -0.2) is 60.7 Å². The smallest absolute Gasteiger partial charge is 0.408 e. The Bertz CT molecular complexity index is 713. The van der Waals surface area contributed by atoms with E-state index in [0.717, 1.165) is 6.08 Å². The van der Waals surface area contributed by atoms with Gasteiger partial charge in [0.2, 0.25) is 11.8 Å². The second-order valence-corrected chi connectivity index (χ2v) is 8.68. The van der Waals surface area contributed by atoms with Crippen molar-refractivity contribution in [1.82, 2.24) is 10.6 Å². The fourth-order valence-electron chi connectivity index (χ4n) is 2.53. The minimum atomic E-state index is -1.18. The standard InChI is InChI=1S/C22H37N3O8/c1-7-31-18(27)9-8-12-32-20(29)15(10-11-17(23)26)24-19(28)16(13-14(2)3)25-21(30)33-22(4,5)6/h8-9,14-16H,7,10-13H2,1-6H3,(H2,23,26)(H,24,28)(H,25,30)/b9-8+/t15-,16-/m0/s1. The summed E-state index contributed by atoms with van der Waals surface area (Å²) in [5.41, 5.74) is 4.41. The molecule has 11 nitrogen and oxygen atoms in total. The van der Waals surface area contributed by atoms with Crippen molar-refractivity contribution in [2.75, 3.05) is 13.2 Å². The van der Waals surface area contributed by atoms with Gasteiger partial charge in [-0.05, 0) is 52.5 Å². The van der Waals surface area contributed by atoms with E-state index in [9.17, 15) is 24.0 Å². The summed E-state index contributed by atoms with van der Waals surface area (Å²) in [4.78, 5) is 59.9. The fourth-order valence-corrected chi connectivity index (χ4v) is 2.53. The number of carbonyl (C=O) groups is 5. The summed E-state index contributed by atoms with van der Waals surface area (Å²) in [6.45, 7) is 10.4. The summed E-state index contributed by atoms with van der Waals surface area (Å²) in [5.74, 6) is -2.66. The summed E-state index contributed by atoms with van der Waals surface area (Å²) >= 11 is 0. The SMILES string of the molecule is CCOC(=O)/C=C/COC(=O)[C@H](CCC(N)=O)NC(=O)[C@H](CC(C)C)NC(=O)OC(C)(C)C. The number of carbonyl (C=O) groups excluding carboxylic acids is 5. The third-order valence-electron chi connectivity index (χ3n) is 3.86. The van der Waals surface area contributed by atoms with Gasteiger partial charge in [0.25, 0.3) is 0 Å². The number of ether oxygens (including phenoxy) is 3. The Kier molecular flexibility index (Phi) is 13.5. The van der Waals surface area contributed by atoms with Crippen molar-refractivity contribution in [3.8, 4) is 0 Å². The lowest BCUT2D eigenvalue weighted by atomic mass is 10.0. The third kappa shape index (κ3) is 15.4. The average Bonchev–Trinajstić information content (AvgIpc) is 2.65. The maximum atomic E-state index is 12.9. The molecule has 0 aromatic rings. The number of hydrogen-bond acceptors (Lipinski definition) is 8. The van der Waals surface area contributed by atoms with E-state index in [-0.39, 0.29) is 38.4 Å². The van der Waals surface area contributed by atoms with Crippen LogP contribution in [0.5, 0.6) is 0 Å². The number of alkyl carbamates (subject to hydrolysis) is 1. The highest BCUT2D eigenvalue weighted by Crippen LogP contribution is 2.10. The molecule has 11 heteroatoms. The minimum absolute atomic E-state index is 0.0414. The predicted molar refractivity (Wildman–Crippen MR) is 120 cm³/mol. The summed E-state index contributed by atoms with van der Waals surface area (Å²) in [6.07, 6.45) is 1.63. The quantitative estimate of drug-likeness (QED) is 0.206. The van der Waals surface area contributed by atoms with Crippen molar-refractivity contribution in [2.24, 2.45) is 11.7 Å². The minimum Gasteiger partial charge on any atom is -0.463 e. The third-order valence-corrected chi connectivity index (χ3v) is 3.86. The Morgan fingerprint density at radius 3 is 2.15 bits per heavy atom. The Morgan fingerprint density at radius 1 is 1.00 bits per heavy atom. The largest absolute Gasteiger partial charge is 0.463 e. The van der Waals surface area contributed by atoms with Gasteiger partial charge in [0, 0.05) is 12.5 Å². The van der Waals surface area contributed by atoms with E-state index in [0.29, 0.717) is 0 Å². The fraction of sp³-hybridized carbons (Fsp3) is 0.682. The van der Waals surface area contributed by atoms with Crippen LogP contribution in [0.2, 0.25) is 0 Å². The Hall–Kier alpha value is -3.11. The molecular formula is C22H37N3O8. The van der Waals surface area contributed by atoms with Crippen LogP contribution < -0.4 is 16.4 Å². The molecule has 0 saturated heterocycles. The lowest BCUT2D eigenvalue weighted by Crippen LogP contribution is -2.53. The molecule has 0 bridgehead atoms. The average molecular weight is 472 g/mol. The normalized spacial score (nSPS) is 13.2. The van der Waals surface area contributed by atoms with Gasteiger partial charge >= 0.3 is 18.0 Å². The maximum absolute atomic E-state index is 12.9. The number of amides is 3. The van der Waals surface area contributed by atoms with E-state index in [2.05, 4.69) is 10.6 Å². The van der Waals surface area contributed by atoms with E-state index in [1.54, 1.807) is 27.7 Å². The second kappa shape index (κ2) is 14.9. The van der Waals surface area contributed by atoms with Gasteiger partial charge in [0.05, 0.1) is 6.61 Å². The molecule has 0 aromatic carbocycles. The lowest BCUT2D eigenvalue weighted by Gasteiger charge is -2.25. The molecule has 0 heterocycles. The van der Waals surface area contributed by atoms with Gasteiger partial charge in [0.1, 0.15) is 24.3 Å². The molecule has 33 heavy (non-hydrogen) atoms. The van der Waals surface area contributed by atoms with Gasteiger partial charge in [-0.15, -0.1) is 0 Å². The van der Waals surface area contributed by atoms with Crippen molar-refractivity contribution in [3.63, 3.8) is 0 Å². The Labute approximate surface area is 194 Å². The molecule has 0 fully saturated rings. The van der Waals surface area contributed by atoms with Crippen molar-refractivity contribution in [3.05, 3.63) is 12.2 Å². The Morgan fingerprint density at radius 2 is 1.64 bits per heavy atom. The number of rotatable bonds is 13. The van der Waals surface area contributed by atoms with Crippen LogP contribution in [0.15, 0.2) is 12.2 Å². The molecule has 0 aliphatic carbocycles. The number of esters is 2. The van der Waals surface area contributed by atoms with Gasteiger partial charge in [-0.1, -0.05) is 13.8 Å². The van der Waals surface area contributed by atoms with Crippen LogP contribution in [0.1, 0.15) is 60.8 Å². The number of hydrogen-bond donors (Lipinski definition) is 3. The first-order valence-electron chi connectivity index (χ1n) is 10.8. The van der Waals surface area contributed by atoms with Gasteiger partial charge < -0.3 is 30.6 Å². The van der Waals surface area contributed by atoms with Crippen molar-refractivity contribution in [1.29, 1.82) is 0 Å². The van der Waals surface area contributed by atoms with Crippen molar-refractivity contribution in [2.45, 2.75) is 78.5 Å². The van der Waals surface area contributed by atoms with Crippen LogP contribution >= 0.6 is 0 Å². The first kappa shape index (κ1) is 29.9. The predicted octanol–water partition coefficient (Wildman–Crippen LogP) is 1.34. The molecule has 0 aliphatic rings. The molecule has 0 rings (SSSR count). The van der Waals surface area contributed by atoms with Crippen LogP contribution in [0.3, 0.4) is 0 Å². The summed E-state index contributed by atoms with van der Waals surface area (Å²) < 4.78 is 15.0. The van der Waals surface area contributed by atoms with E-state index < -0.39 is 47.5 Å². The number of nitrogens with two attached hydrogens (primary N) is 1. The summed E-state index contributed by atoms with van der Waals surface area (Å²) in [6, 6.07) is -2.16. The van der Waals surface area contributed by atoms with Gasteiger partial charge in [-0.2, -0.15) is 0 Å². The molecule has 2 atom stereocenters. The molecule has 0 aliphatic heterocycles. The van der Waals surface area contributed by atoms with Gasteiger partial charge in [-0.25, -0.2) is 14.4 Å². The zero-order valence-electron chi connectivity index (χ0n) is 20.3. The molecule has 3 amide bonds. The molecule has 0 spiro atoms. The molecule has 188 valence electrons. The highest BCUT2D eigenvalue weighted by Gasteiger charge is 2.29. The molecular weight excluding hydrogens is 434 g/mol. The maximum Gasteiger partial charge on any atom is 0.408 e. The molecule has 0 radical (unpaired) electrons. The van der Waals surface area contributed by atoms with Crippen molar-refractivity contribution < 1.29 is 38.2 Å². The van der Waals surface area contributed by atoms with E-state index >= 15 is 0 Å². The highest BCUT2D eigenvalue weighted by molar-refractivity contribution is 5.90.